The van der Waals surface area contributed by atoms with Crippen LogP contribution in [0.1, 0.15) is 51.9 Å². The number of rotatable bonds is 5. The fourth-order valence-corrected chi connectivity index (χ4v) is 4.45. The number of halogens is 2. The molecule has 0 saturated carbocycles. The first-order valence-corrected chi connectivity index (χ1v) is 8.51. The molecule has 2 N–H and O–H groups in total. The molecule has 130 valence electrons. The van der Waals surface area contributed by atoms with E-state index < -0.39 is 0 Å². The Morgan fingerprint density at radius 3 is 2.50 bits per heavy atom. The molecule has 0 aromatic rings. The van der Waals surface area contributed by atoms with Crippen LogP contribution in [0.4, 0.5) is 0 Å². The van der Waals surface area contributed by atoms with E-state index in [4.69, 9.17) is 0 Å². The predicted octanol–water partition coefficient (Wildman–Crippen LogP) is 2.35. The van der Waals surface area contributed by atoms with Gasteiger partial charge in [-0.1, -0.05) is 6.92 Å². The largest absolute Gasteiger partial charge is 0.355 e. The van der Waals surface area contributed by atoms with Crippen LogP contribution in [0.5, 0.6) is 0 Å². The van der Waals surface area contributed by atoms with Gasteiger partial charge in [-0.05, 0) is 57.5 Å². The van der Waals surface area contributed by atoms with Crippen LogP contribution in [0, 0.1) is 5.92 Å². The predicted molar refractivity (Wildman–Crippen MR) is 95.1 cm³/mol. The van der Waals surface area contributed by atoms with Crippen molar-refractivity contribution in [2.75, 3.05) is 19.6 Å². The molecule has 1 amide bonds. The second-order valence-electron chi connectivity index (χ2n) is 6.91. The highest BCUT2D eigenvalue weighted by molar-refractivity contribution is 5.85. The third kappa shape index (κ3) is 4.98. The molecule has 22 heavy (non-hydrogen) atoms. The molecular weight excluding hydrogens is 321 g/mol. The first kappa shape index (κ1) is 20.0. The number of hydrogen-bond acceptors (Lipinski definition) is 3. The zero-order chi connectivity index (χ0) is 13.9. The van der Waals surface area contributed by atoms with Crippen molar-refractivity contribution in [3.8, 4) is 0 Å². The zero-order valence-electron chi connectivity index (χ0n) is 13.6. The van der Waals surface area contributed by atoms with Gasteiger partial charge < -0.3 is 10.6 Å². The molecule has 3 saturated heterocycles. The van der Waals surface area contributed by atoms with Crippen molar-refractivity contribution in [2.45, 2.75) is 70.0 Å². The first-order chi connectivity index (χ1) is 9.74. The quantitative estimate of drug-likeness (QED) is 0.798. The number of nitrogens with one attached hydrogen (secondary N) is 2. The number of carbonyl (C=O) groups excluding carboxylic acids is 1. The number of hydrogen-bond donors (Lipinski definition) is 2. The number of amides is 1. The van der Waals surface area contributed by atoms with Crippen molar-refractivity contribution in [2.24, 2.45) is 5.92 Å². The molecule has 3 atom stereocenters. The summed E-state index contributed by atoms with van der Waals surface area (Å²) in [6, 6.07) is 1.96. The van der Waals surface area contributed by atoms with Crippen molar-refractivity contribution >= 4 is 30.7 Å². The normalized spacial score (nSPS) is 33.9. The fourth-order valence-electron chi connectivity index (χ4n) is 4.45. The Bertz CT molecular complexity index is 344. The molecule has 3 aliphatic heterocycles. The third-order valence-corrected chi connectivity index (χ3v) is 5.48. The van der Waals surface area contributed by atoms with Crippen molar-refractivity contribution in [1.29, 1.82) is 0 Å². The highest BCUT2D eigenvalue weighted by Crippen LogP contribution is 2.32. The Hall–Kier alpha value is -0.0300. The van der Waals surface area contributed by atoms with Gasteiger partial charge >= 0.3 is 0 Å². The summed E-state index contributed by atoms with van der Waals surface area (Å²) in [4.78, 5) is 14.6. The summed E-state index contributed by atoms with van der Waals surface area (Å²) in [7, 11) is 0. The van der Waals surface area contributed by atoms with Gasteiger partial charge in [0.25, 0.3) is 0 Å². The molecule has 3 rings (SSSR count). The lowest BCUT2D eigenvalue weighted by Crippen LogP contribution is -2.42. The Labute approximate surface area is 147 Å². The molecule has 2 bridgehead atoms. The van der Waals surface area contributed by atoms with Crippen LogP contribution >= 0.6 is 24.8 Å². The smallest absolute Gasteiger partial charge is 0.220 e. The molecule has 0 aliphatic carbocycles. The number of nitrogens with zero attached hydrogens (tertiary/aromatic N) is 1. The van der Waals surface area contributed by atoms with E-state index >= 15 is 0 Å². The van der Waals surface area contributed by atoms with E-state index in [0.717, 1.165) is 19.5 Å². The minimum atomic E-state index is 0. The molecule has 6 heteroatoms. The summed E-state index contributed by atoms with van der Waals surface area (Å²) in [6.07, 6.45) is 8.31. The topological polar surface area (TPSA) is 44.4 Å². The minimum Gasteiger partial charge on any atom is -0.355 e. The van der Waals surface area contributed by atoms with Crippen molar-refractivity contribution in [3.63, 3.8) is 0 Å². The molecule has 3 heterocycles. The summed E-state index contributed by atoms with van der Waals surface area (Å²) in [6.45, 7) is 5.38. The fraction of sp³-hybridized carbons (Fsp3) is 0.938. The molecule has 3 fully saturated rings. The van der Waals surface area contributed by atoms with E-state index in [-0.39, 0.29) is 30.7 Å². The standard InChI is InChI=1S/C16H29N3O.2ClH/c1-2-19-7-3-4-15(19)11-17-16(20)10-12-8-13-5-6-14(9-12)18-13;;/h12-15,18H,2-11H2,1H3,(H,17,20);2*1H. The van der Waals surface area contributed by atoms with Crippen molar-refractivity contribution in [3.05, 3.63) is 0 Å². The number of carbonyl (C=O) groups is 1. The van der Waals surface area contributed by atoms with E-state index in [0.29, 0.717) is 24.0 Å². The van der Waals surface area contributed by atoms with Crippen LogP contribution in [0.25, 0.3) is 0 Å². The van der Waals surface area contributed by atoms with E-state index in [1.165, 1.54) is 45.1 Å². The second-order valence-corrected chi connectivity index (χ2v) is 6.91. The molecule has 0 aromatic carbocycles. The molecule has 0 radical (unpaired) electrons. The lowest BCUT2D eigenvalue weighted by molar-refractivity contribution is -0.122. The third-order valence-electron chi connectivity index (χ3n) is 5.48. The maximum Gasteiger partial charge on any atom is 0.220 e. The highest BCUT2D eigenvalue weighted by Gasteiger charge is 2.34. The Kier molecular flexibility index (Phi) is 8.47. The van der Waals surface area contributed by atoms with Gasteiger partial charge in [0, 0.05) is 31.1 Å². The van der Waals surface area contributed by atoms with E-state index in [2.05, 4.69) is 22.5 Å². The molecule has 3 aliphatic rings. The van der Waals surface area contributed by atoms with E-state index in [1.54, 1.807) is 0 Å². The van der Waals surface area contributed by atoms with Gasteiger partial charge in [-0.25, -0.2) is 0 Å². The molecule has 0 spiro atoms. The van der Waals surface area contributed by atoms with E-state index in [9.17, 15) is 4.79 Å². The van der Waals surface area contributed by atoms with Gasteiger partial charge in [0.1, 0.15) is 0 Å². The molecule has 3 unspecified atom stereocenters. The Morgan fingerprint density at radius 1 is 1.18 bits per heavy atom. The van der Waals surface area contributed by atoms with Crippen molar-refractivity contribution in [1.82, 2.24) is 15.5 Å². The second kappa shape index (κ2) is 9.31. The van der Waals surface area contributed by atoms with Crippen LogP contribution < -0.4 is 10.6 Å². The van der Waals surface area contributed by atoms with Crippen LogP contribution in [-0.4, -0.2) is 48.6 Å². The van der Waals surface area contributed by atoms with Gasteiger partial charge in [0.05, 0.1) is 0 Å². The lowest BCUT2D eigenvalue weighted by Gasteiger charge is -2.29. The van der Waals surface area contributed by atoms with Gasteiger partial charge in [-0.15, -0.1) is 24.8 Å². The van der Waals surface area contributed by atoms with Gasteiger partial charge in [-0.3, -0.25) is 9.69 Å². The monoisotopic (exact) mass is 351 g/mol. The number of piperidine rings is 1. The van der Waals surface area contributed by atoms with Gasteiger partial charge in [0.15, 0.2) is 0 Å². The maximum absolute atomic E-state index is 12.1. The SMILES string of the molecule is CCN1CCCC1CNC(=O)CC1CC2CCC(C1)N2.Cl.Cl. The van der Waals surface area contributed by atoms with E-state index in [1.807, 2.05) is 0 Å². The number of fused-ring (bicyclic) bond motifs is 2. The summed E-state index contributed by atoms with van der Waals surface area (Å²) in [5.74, 6) is 0.888. The highest BCUT2D eigenvalue weighted by atomic mass is 35.5. The van der Waals surface area contributed by atoms with Crippen LogP contribution in [0.15, 0.2) is 0 Å². The van der Waals surface area contributed by atoms with Crippen molar-refractivity contribution < 1.29 is 4.79 Å². The minimum absolute atomic E-state index is 0. The molecule has 0 aromatic heterocycles. The van der Waals surface area contributed by atoms with Crippen LogP contribution in [0.2, 0.25) is 0 Å². The number of likely N-dealkylation sites (N-methyl/N-ethyl adjacent to an activating group) is 1. The summed E-state index contributed by atoms with van der Waals surface area (Å²) in [5, 5.41) is 6.83. The Morgan fingerprint density at radius 2 is 1.86 bits per heavy atom. The Balaban J connectivity index is 0.00000121. The average molecular weight is 352 g/mol. The molecule has 4 nitrogen and oxygen atoms in total. The molecular formula is C16H31Cl2N3O. The lowest BCUT2D eigenvalue weighted by atomic mass is 9.89. The van der Waals surface area contributed by atoms with Crippen LogP contribution in [0.3, 0.4) is 0 Å². The number of likely N-dealkylation sites (tertiary alicyclic amines) is 1. The summed E-state index contributed by atoms with van der Waals surface area (Å²) < 4.78 is 0. The average Bonchev–Trinajstić information content (AvgIpc) is 3.02. The zero-order valence-corrected chi connectivity index (χ0v) is 15.2. The van der Waals surface area contributed by atoms with Crippen LogP contribution in [-0.2, 0) is 4.79 Å². The summed E-state index contributed by atoms with van der Waals surface area (Å²) in [5.41, 5.74) is 0. The van der Waals surface area contributed by atoms with Gasteiger partial charge in [0.2, 0.25) is 5.91 Å². The maximum atomic E-state index is 12.1. The first-order valence-electron chi connectivity index (χ1n) is 8.51. The summed E-state index contributed by atoms with van der Waals surface area (Å²) >= 11 is 0. The van der Waals surface area contributed by atoms with Gasteiger partial charge in [-0.2, -0.15) is 0 Å².